The number of carbonyl (C=O) groups excluding carboxylic acids is 1. The number of aliphatic hydroxyl groups is 1. The number of carbonyl (C=O) groups is 1. The van der Waals surface area contributed by atoms with Gasteiger partial charge in [-0.3, -0.25) is 4.79 Å². The van der Waals surface area contributed by atoms with Crippen molar-refractivity contribution in [1.82, 2.24) is 9.38 Å². The molecule has 0 aliphatic heterocycles. The van der Waals surface area contributed by atoms with E-state index in [4.69, 9.17) is 0 Å². The largest absolute Gasteiger partial charge is 0.512 e. The van der Waals surface area contributed by atoms with Gasteiger partial charge in [0, 0.05) is 55.0 Å². The second-order valence-electron chi connectivity index (χ2n) is 10.4. The molecule has 0 saturated heterocycles. The molecule has 0 bridgehead atoms. The molecule has 4 nitrogen and oxygen atoms in total. The second kappa shape index (κ2) is 13.4. The van der Waals surface area contributed by atoms with Gasteiger partial charge in [0.25, 0.3) is 0 Å². The first-order valence-electron chi connectivity index (χ1n) is 14.5. The van der Waals surface area contributed by atoms with E-state index in [0.29, 0.717) is 0 Å². The normalized spacial score (nSPS) is 11.9. The maximum atomic E-state index is 11.7. The molecule has 213 valence electrons. The molecule has 0 unspecified atom stereocenters. The minimum atomic E-state index is 0. The number of allylic oxidation sites excluding steroid dienone is 2. The molecule has 0 amide bonds. The first-order chi connectivity index (χ1) is 19.5. The van der Waals surface area contributed by atoms with Crippen LogP contribution in [0.1, 0.15) is 53.4 Å². The van der Waals surface area contributed by atoms with Gasteiger partial charge in [0.2, 0.25) is 0 Å². The Kier molecular flexibility index (Phi) is 9.96. The molecule has 5 heteroatoms. The van der Waals surface area contributed by atoms with Crippen LogP contribution in [-0.2, 0) is 24.9 Å². The summed E-state index contributed by atoms with van der Waals surface area (Å²) in [6.45, 7) is 8.07. The number of aliphatic hydroxyl groups excluding tert-OH is 1. The standard InChI is InChI=1S/C23H13N2.C13H24O2.Ir/c1-2-12-20-15(7-1)16-8-5-10-18-22-17(19-11-3-4-14-24-19)9-6-13-21(22)25(20)23(16)18;1-5-10(6-2)12(14)9-13(15)11(7-3)8-4;/h1-8,10-14H;9-11,14H,5-8H2,1-4H3;/q-1;;/b;12-9-;. The van der Waals surface area contributed by atoms with Crippen LogP contribution in [0.2, 0.25) is 0 Å². The minimum absolute atomic E-state index is 0. The number of benzene rings is 3. The molecule has 0 fully saturated rings. The quantitative estimate of drug-likeness (QED) is 0.0968. The van der Waals surface area contributed by atoms with Crippen LogP contribution in [-0.4, -0.2) is 20.3 Å². The van der Waals surface area contributed by atoms with Gasteiger partial charge < -0.3 is 14.5 Å². The van der Waals surface area contributed by atoms with Crippen molar-refractivity contribution in [2.45, 2.75) is 53.4 Å². The zero-order valence-electron chi connectivity index (χ0n) is 24.1. The predicted molar refractivity (Wildman–Crippen MR) is 167 cm³/mol. The third-order valence-corrected chi connectivity index (χ3v) is 8.18. The van der Waals surface area contributed by atoms with Gasteiger partial charge in [0.1, 0.15) is 0 Å². The van der Waals surface area contributed by atoms with Gasteiger partial charge in [-0.1, -0.05) is 81.6 Å². The zero-order chi connectivity index (χ0) is 28.2. The maximum absolute atomic E-state index is 11.7. The minimum Gasteiger partial charge on any atom is -0.512 e. The van der Waals surface area contributed by atoms with Crippen LogP contribution in [0.3, 0.4) is 0 Å². The number of hydrogen-bond donors (Lipinski definition) is 1. The fourth-order valence-corrected chi connectivity index (χ4v) is 5.91. The molecule has 0 aliphatic carbocycles. The molecule has 3 aromatic heterocycles. The van der Waals surface area contributed by atoms with Crippen molar-refractivity contribution in [3.05, 3.63) is 96.9 Å². The van der Waals surface area contributed by atoms with Crippen LogP contribution in [0, 0.1) is 17.9 Å². The molecular formula is C36H37IrN2O2-. The fraction of sp³-hybridized carbons (Fsp3) is 0.278. The summed E-state index contributed by atoms with van der Waals surface area (Å²) in [6, 6.07) is 28.8. The summed E-state index contributed by atoms with van der Waals surface area (Å²) in [6.07, 6.45) is 6.75. The summed E-state index contributed by atoms with van der Waals surface area (Å²) in [4.78, 5) is 16.3. The average Bonchev–Trinajstić information content (AvgIpc) is 3.52. The SMILES string of the molecule is CCC(CC)C(=O)/C=C(\O)C(CC)CC.[Ir].[c-]1ccc2c(c1-c1ccccn1)c1cccc3c4ccccc4n2c31. The third kappa shape index (κ3) is 5.66. The van der Waals surface area contributed by atoms with Crippen LogP contribution in [0.5, 0.6) is 0 Å². The van der Waals surface area contributed by atoms with Crippen LogP contribution in [0.4, 0.5) is 0 Å². The molecule has 6 rings (SSSR count). The topological polar surface area (TPSA) is 54.6 Å². The first kappa shape index (κ1) is 30.4. The van der Waals surface area contributed by atoms with E-state index in [0.717, 1.165) is 36.9 Å². The molecule has 3 aromatic carbocycles. The van der Waals surface area contributed by atoms with Gasteiger partial charge in [0.05, 0.1) is 16.8 Å². The molecule has 6 aromatic rings. The number of hydrogen-bond acceptors (Lipinski definition) is 3. The van der Waals surface area contributed by atoms with E-state index in [1.54, 1.807) is 0 Å². The summed E-state index contributed by atoms with van der Waals surface area (Å²) in [5.74, 6) is 0.547. The molecule has 0 aliphatic rings. The van der Waals surface area contributed by atoms with Crippen molar-refractivity contribution in [1.29, 1.82) is 0 Å². The molecular weight excluding hydrogens is 685 g/mol. The van der Waals surface area contributed by atoms with E-state index in [2.05, 4.69) is 70.0 Å². The van der Waals surface area contributed by atoms with E-state index < -0.39 is 0 Å². The Bertz CT molecular complexity index is 1780. The summed E-state index contributed by atoms with van der Waals surface area (Å²) in [5, 5.41) is 14.9. The van der Waals surface area contributed by atoms with Gasteiger partial charge in [0.15, 0.2) is 5.78 Å². The van der Waals surface area contributed by atoms with Crippen LogP contribution in [0.25, 0.3) is 49.4 Å². The van der Waals surface area contributed by atoms with E-state index in [9.17, 15) is 9.90 Å². The summed E-state index contributed by atoms with van der Waals surface area (Å²) in [7, 11) is 0. The Hall–Kier alpha value is -3.53. The number of fused-ring (bicyclic) bond motifs is 6. The van der Waals surface area contributed by atoms with Gasteiger partial charge >= 0.3 is 0 Å². The smallest absolute Gasteiger partial charge is 0.162 e. The van der Waals surface area contributed by atoms with Crippen LogP contribution < -0.4 is 0 Å². The molecule has 1 radical (unpaired) electrons. The first-order valence-corrected chi connectivity index (χ1v) is 14.5. The Morgan fingerprint density at radius 3 is 2.17 bits per heavy atom. The van der Waals surface area contributed by atoms with Crippen LogP contribution >= 0.6 is 0 Å². The van der Waals surface area contributed by atoms with Crippen molar-refractivity contribution in [3.63, 3.8) is 0 Å². The Morgan fingerprint density at radius 1 is 0.829 bits per heavy atom. The molecule has 41 heavy (non-hydrogen) atoms. The Morgan fingerprint density at radius 2 is 1.49 bits per heavy atom. The monoisotopic (exact) mass is 722 g/mol. The zero-order valence-corrected chi connectivity index (χ0v) is 26.5. The van der Waals surface area contributed by atoms with Gasteiger partial charge in [-0.25, -0.2) is 0 Å². The van der Waals surface area contributed by atoms with Crippen molar-refractivity contribution < 1.29 is 30.0 Å². The maximum Gasteiger partial charge on any atom is 0.162 e. The van der Waals surface area contributed by atoms with E-state index in [1.165, 1.54) is 44.2 Å². The van der Waals surface area contributed by atoms with Gasteiger partial charge in [-0.15, -0.1) is 23.8 Å². The number of rotatable bonds is 8. The molecule has 1 N–H and O–H groups in total. The molecule has 0 saturated carbocycles. The Labute approximate surface area is 255 Å². The molecule has 0 atom stereocenters. The molecule has 3 heterocycles. The summed E-state index contributed by atoms with van der Waals surface area (Å²) >= 11 is 0. The fourth-order valence-electron chi connectivity index (χ4n) is 5.91. The van der Waals surface area contributed by atoms with Gasteiger partial charge in [-0.2, -0.15) is 0 Å². The van der Waals surface area contributed by atoms with E-state index >= 15 is 0 Å². The van der Waals surface area contributed by atoms with Gasteiger partial charge in [-0.05, 0) is 54.4 Å². The Balaban J connectivity index is 0.000000212. The van der Waals surface area contributed by atoms with Crippen molar-refractivity contribution in [2.75, 3.05) is 0 Å². The van der Waals surface area contributed by atoms with Crippen molar-refractivity contribution >= 4 is 43.9 Å². The summed E-state index contributed by atoms with van der Waals surface area (Å²) in [5.41, 5.74) is 5.79. The third-order valence-electron chi connectivity index (χ3n) is 8.18. The number of para-hydroxylation sites is 2. The second-order valence-corrected chi connectivity index (χ2v) is 10.4. The molecule has 0 spiro atoms. The van der Waals surface area contributed by atoms with Crippen molar-refractivity contribution in [3.8, 4) is 11.3 Å². The van der Waals surface area contributed by atoms with E-state index in [1.807, 2.05) is 52.1 Å². The van der Waals surface area contributed by atoms with Crippen LogP contribution in [0.15, 0.2) is 90.8 Å². The van der Waals surface area contributed by atoms with E-state index in [-0.39, 0.29) is 43.5 Å². The average molecular weight is 722 g/mol. The number of ketones is 1. The number of nitrogens with zero attached hydrogens (tertiary/aromatic N) is 2. The summed E-state index contributed by atoms with van der Waals surface area (Å²) < 4.78 is 2.38. The van der Waals surface area contributed by atoms with Crippen molar-refractivity contribution in [2.24, 2.45) is 11.8 Å². The number of pyridine rings is 1. The number of aromatic nitrogens is 2. The predicted octanol–water partition coefficient (Wildman–Crippen LogP) is 9.57.